The van der Waals surface area contributed by atoms with Crippen LogP contribution in [0.1, 0.15) is 11.1 Å². The zero-order chi connectivity index (χ0) is 13.9. The number of alkyl halides is 1. The van der Waals surface area contributed by atoms with E-state index in [4.69, 9.17) is 9.47 Å². The van der Waals surface area contributed by atoms with Gasteiger partial charge in [-0.2, -0.15) is 0 Å². The van der Waals surface area contributed by atoms with Crippen LogP contribution >= 0.6 is 22.6 Å². The van der Waals surface area contributed by atoms with Crippen molar-refractivity contribution < 1.29 is 14.6 Å². The number of aliphatic hydroxyl groups is 1. The molecule has 1 N–H and O–H groups in total. The highest BCUT2D eigenvalue weighted by molar-refractivity contribution is 14.1. The van der Waals surface area contributed by atoms with Crippen LogP contribution in [0.5, 0.6) is 11.5 Å². The highest BCUT2D eigenvalue weighted by Gasteiger charge is 2.33. The van der Waals surface area contributed by atoms with Gasteiger partial charge in [-0.3, -0.25) is 0 Å². The monoisotopic (exact) mass is 370 g/mol. The van der Waals surface area contributed by atoms with Gasteiger partial charge < -0.3 is 14.6 Å². The van der Waals surface area contributed by atoms with Gasteiger partial charge in [-0.1, -0.05) is 36.4 Å². The molecular weight excluding hydrogens is 355 g/mol. The van der Waals surface area contributed by atoms with Gasteiger partial charge in [-0.25, -0.2) is 0 Å². The minimum absolute atomic E-state index is 0.644. The van der Waals surface area contributed by atoms with Gasteiger partial charge in [-0.15, -0.1) is 0 Å². The molecule has 0 aliphatic heterocycles. The summed E-state index contributed by atoms with van der Waals surface area (Å²) in [4.78, 5) is 0. The Morgan fingerprint density at radius 1 is 0.842 bits per heavy atom. The van der Waals surface area contributed by atoms with Crippen molar-refractivity contribution in [2.45, 2.75) is 3.61 Å². The summed E-state index contributed by atoms with van der Waals surface area (Å²) in [7, 11) is 3.18. The second kappa shape index (κ2) is 5.79. The van der Waals surface area contributed by atoms with E-state index >= 15 is 0 Å². The van der Waals surface area contributed by atoms with Gasteiger partial charge in [0, 0.05) is 11.1 Å². The number of methoxy groups -OCH3 is 2. The largest absolute Gasteiger partial charge is 0.496 e. The number of ether oxygens (including phenoxy) is 2. The van der Waals surface area contributed by atoms with E-state index in [0.717, 1.165) is 0 Å². The fourth-order valence-corrected chi connectivity index (χ4v) is 2.87. The Hall–Kier alpha value is -1.27. The van der Waals surface area contributed by atoms with Gasteiger partial charge in [0.05, 0.1) is 14.2 Å². The van der Waals surface area contributed by atoms with Gasteiger partial charge in [0.2, 0.25) is 0 Å². The summed E-state index contributed by atoms with van der Waals surface area (Å²) in [6.45, 7) is 0. The van der Waals surface area contributed by atoms with Crippen molar-refractivity contribution in [1.29, 1.82) is 0 Å². The maximum absolute atomic E-state index is 10.9. The maximum atomic E-state index is 10.9. The first-order valence-corrected chi connectivity index (χ1v) is 6.87. The molecule has 0 amide bonds. The predicted molar refractivity (Wildman–Crippen MR) is 83.0 cm³/mol. The molecule has 0 unspecified atom stereocenters. The lowest BCUT2D eigenvalue weighted by molar-refractivity contribution is 0.190. The molecule has 2 rings (SSSR count). The van der Waals surface area contributed by atoms with E-state index in [2.05, 4.69) is 0 Å². The highest BCUT2D eigenvalue weighted by Crippen LogP contribution is 2.44. The van der Waals surface area contributed by atoms with E-state index < -0.39 is 3.61 Å². The number of benzene rings is 2. The van der Waals surface area contributed by atoms with Crippen LogP contribution in [-0.4, -0.2) is 19.3 Å². The lowest BCUT2D eigenvalue weighted by Crippen LogP contribution is -2.20. The first-order chi connectivity index (χ1) is 9.11. The fraction of sp³-hybridized carbons (Fsp3) is 0.200. The van der Waals surface area contributed by atoms with E-state index in [0.29, 0.717) is 22.6 Å². The molecule has 0 heterocycles. The molecule has 0 spiro atoms. The molecule has 0 radical (unpaired) electrons. The van der Waals surface area contributed by atoms with Gasteiger partial charge in [-0.05, 0) is 34.7 Å². The molecular formula is C15H15IO3. The smallest absolute Gasteiger partial charge is 0.173 e. The number of halogens is 1. The molecule has 19 heavy (non-hydrogen) atoms. The molecule has 0 aliphatic carbocycles. The molecule has 0 bridgehead atoms. The summed E-state index contributed by atoms with van der Waals surface area (Å²) in [5, 5.41) is 10.9. The van der Waals surface area contributed by atoms with Crippen molar-refractivity contribution in [3.8, 4) is 11.5 Å². The number of hydrogen-bond donors (Lipinski definition) is 1. The highest BCUT2D eigenvalue weighted by atomic mass is 127. The zero-order valence-corrected chi connectivity index (χ0v) is 12.9. The summed E-state index contributed by atoms with van der Waals surface area (Å²) in [6.07, 6.45) is 0. The quantitative estimate of drug-likeness (QED) is 0.663. The third-order valence-electron chi connectivity index (χ3n) is 2.93. The van der Waals surface area contributed by atoms with Gasteiger partial charge in [0.25, 0.3) is 0 Å². The van der Waals surface area contributed by atoms with Crippen molar-refractivity contribution in [2.75, 3.05) is 14.2 Å². The van der Waals surface area contributed by atoms with Crippen LogP contribution in [0.2, 0.25) is 0 Å². The summed E-state index contributed by atoms with van der Waals surface area (Å²) < 4.78 is 9.43. The Morgan fingerprint density at radius 3 is 1.58 bits per heavy atom. The summed E-state index contributed by atoms with van der Waals surface area (Å²) >= 11 is 2.00. The lowest BCUT2D eigenvalue weighted by atomic mass is 9.99. The molecule has 0 fully saturated rings. The SMILES string of the molecule is COc1ccccc1C(O)(I)c1ccccc1OC. The van der Waals surface area contributed by atoms with E-state index in [1.54, 1.807) is 14.2 Å². The number of hydrogen-bond acceptors (Lipinski definition) is 3. The molecule has 0 aromatic heterocycles. The first-order valence-electron chi connectivity index (χ1n) is 5.79. The normalized spacial score (nSPS) is 11.2. The molecule has 0 aliphatic rings. The fourth-order valence-electron chi connectivity index (χ4n) is 1.98. The number of para-hydroxylation sites is 2. The molecule has 0 saturated heterocycles. The Labute approximate surface area is 126 Å². The second-order valence-electron chi connectivity index (χ2n) is 4.02. The predicted octanol–water partition coefficient (Wildman–Crippen LogP) is 3.33. The van der Waals surface area contributed by atoms with Crippen molar-refractivity contribution >= 4 is 22.6 Å². The first kappa shape index (κ1) is 14.1. The lowest BCUT2D eigenvalue weighted by Gasteiger charge is -2.26. The van der Waals surface area contributed by atoms with Crippen molar-refractivity contribution in [1.82, 2.24) is 0 Å². The molecule has 2 aromatic rings. The minimum atomic E-state index is -1.21. The van der Waals surface area contributed by atoms with Crippen LogP contribution in [0.15, 0.2) is 48.5 Å². The minimum Gasteiger partial charge on any atom is -0.496 e. The van der Waals surface area contributed by atoms with E-state index in [1.165, 1.54) is 0 Å². The molecule has 0 saturated carbocycles. The summed E-state index contributed by atoms with van der Waals surface area (Å²) in [5.41, 5.74) is 1.39. The number of rotatable bonds is 4. The van der Waals surface area contributed by atoms with Crippen LogP contribution in [0.3, 0.4) is 0 Å². The van der Waals surface area contributed by atoms with Crippen molar-refractivity contribution in [3.63, 3.8) is 0 Å². The Bertz CT molecular complexity index is 517. The van der Waals surface area contributed by atoms with Gasteiger partial charge in [0.1, 0.15) is 11.5 Å². The summed E-state index contributed by atoms with van der Waals surface area (Å²) in [6, 6.07) is 14.8. The van der Waals surface area contributed by atoms with Crippen LogP contribution in [0, 0.1) is 0 Å². The maximum Gasteiger partial charge on any atom is 0.173 e. The Balaban J connectivity index is 2.58. The van der Waals surface area contributed by atoms with E-state index in [-0.39, 0.29) is 0 Å². The standard InChI is InChI=1S/C15H15IO3/c1-18-13-9-5-3-7-11(13)15(16,17)12-8-4-6-10-14(12)19-2/h3-10,17H,1-2H3. The molecule has 100 valence electrons. The third-order valence-corrected chi connectivity index (χ3v) is 4.09. The van der Waals surface area contributed by atoms with Crippen LogP contribution < -0.4 is 9.47 Å². The molecule has 3 nitrogen and oxygen atoms in total. The zero-order valence-electron chi connectivity index (χ0n) is 10.8. The van der Waals surface area contributed by atoms with Crippen molar-refractivity contribution in [3.05, 3.63) is 59.7 Å². The Kier molecular flexibility index (Phi) is 4.31. The Morgan fingerprint density at radius 2 is 1.21 bits per heavy atom. The average Bonchev–Trinajstić information content (AvgIpc) is 2.47. The summed E-state index contributed by atoms with van der Waals surface area (Å²) in [5.74, 6) is 1.29. The van der Waals surface area contributed by atoms with Crippen LogP contribution in [0.25, 0.3) is 0 Å². The molecule has 0 atom stereocenters. The average molecular weight is 370 g/mol. The van der Waals surface area contributed by atoms with E-state index in [1.807, 2.05) is 71.1 Å². The second-order valence-corrected chi connectivity index (χ2v) is 5.58. The van der Waals surface area contributed by atoms with Crippen LogP contribution in [-0.2, 0) is 3.61 Å². The van der Waals surface area contributed by atoms with Crippen LogP contribution in [0.4, 0.5) is 0 Å². The van der Waals surface area contributed by atoms with Crippen molar-refractivity contribution in [2.24, 2.45) is 0 Å². The van der Waals surface area contributed by atoms with Gasteiger partial charge in [0.15, 0.2) is 3.61 Å². The topological polar surface area (TPSA) is 38.7 Å². The molecule has 4 heteroatoms. The molecule has 2 aromatic carbocycles. The van der Waals surface area contributed by atoms with Gasteiger partial charge >= 0.3 is 0 Å². The van der Waals surface area contributed by atoms with E-state index in [9.17, 15) is 5.11 Å². The third kappa shape index (κ3) is 2.69.